The van der Waals surface area contributed by atoms with E-state index in [0.29, 0.717) is 0 Å². The van der Waals surface area contributed by atoms with Crippen LogP contribution in [0.3, 0.4) is 0 Å². The summed E-state index contributed by atoms with van der Waals surface area (Å²) in [5.41, 5.74) is 1.00. The summed E-state index contributed by atoms with van der Waals surface area (Å²) >= 11 is 1.57. The molecule has 1 aromatic carbocycles. The maximum absolute atomic E-state index is 13.7. The molecule has 0 heterocycles. The molecule has 0 saturated heterocycles. The molecule has 0 saturated carbocycles. The van der Waals surface area contributed by atoms with E-state index < -0.39 is 0 Å². The van der Waals surface area contributed by atoms with Crippen molar-refractivity contribution in [1.82, 2.24) is 10.2 Å². The summed E-state index contributed by atoms with van der Waals surface area (Å²) in [5.74, 6) is 0.806. The lowest BCUT2D eigenvalue weighted by Crippen LogP contribution is -2.14. The third-order valence-corrected chi connectivity index (χ3v) is 3.40. The molecule has 1 N–H and O–H groups in total. The molecule has 0 aromatic heterocycles. The highest BCUT2D eigenvalue weighted by Gasteiger charge is 2.04. The van der Waals surface area contributed by atoms with Gasteiger partial charge in [-0.1, -0.05) is 13.0 Å². The lowest BCUT2D eigenvalue weighted by atomic mass is 10.2. The van der Waals surface area contributed by atoms with Crippen molar-refractivity contribution in [2.75, 3.05) is 32.9 Å². The molecule has 96 valence electrons. The predicted octanol–water partition coefficient (Wildman–Crippen LogP) is 2.59. The fourth-order valence-electron chi connectivity index (χ4n) is 1.38. The molecule has 4 heteroatoms. The maximum Gasteiger partial charge on any atom is 0.137 e. The molecule has 0 amide bonds. The Hall–Kier alpha value is -0.580. The van der Waals surface area contributed by atoms with Gasteiger partial charge in [-0.2, -0.15) is 0 Å². The molecule has 0 fully saturated rings. The van der Waals surface area contributed by atoms with Crippen LogP contribution in [-0.2, 0) is 6.54 Å². The Kier molecular flexibility index (Phi) is 6.55. The summed E-state index contributed by atoms with van der Waals surface area (Å²) in [5, 5.41) is 3.19. The molecule has 1 rings (SSSR count). The lowest BCUT2D eigenvalue weighted by Gasteiger charge is -2.10. The van der Waals surface area contributed by atoms with Gasteiger partial charge in [0.25, 0.3) is 0 Å². The van der Waals surface area contributed by atoms with Crippen molar-refractivity contribution < 1.29 is 4.39 Å². The fraction of sp³-hybridized carbons (Fsp3) is 0.538. The zero-order chi connectivity index (χ0) is 12.7. The molecule has 0 unspecified atom stereocenters. The number of hydrogen-bond acceptors (Lipinski definition) is 3. The SMILES string of the molecule is CCNCc1ccc(SCCN(C)C)c(F)c1. The number of rotatable bonds is 7. The fourth-order valence-corrected chi connectivity index (χ4v) is 2.42. The Bertz CT molecular complexity index is 342. The Morgan fingerprint density at radius 3 is 2.71 bits per heavy atom. The van der Waals surface area contributed by atoms with Gasteiger partial charge in [0.2, 0.25) is 0 Å². The van der Waals surface area contributed by atoms with E-state index in [1.54, 1.807) is 17.8 Å². The van der Waals surface area contributed by atoms with Gasteiger partial charge in [0.05, 0.1) is 0 Å². The van der Waals surface area contributed by atoms with Crippen molar-refractivity contribution in [3.63, 3.8) is 0 Å². The summed E-state index contributed by atoms with van der Waals surface area (Å²) in [6, 6.07) is 5.49. The molecule has 0 aliphatic carbocycles. The Morgan fingerprint density at radius 1 is 1.35 bits per heavy atom. The van der Waals surface area contributed by atoms with Gasteiger partial charge in [-0.3, -0.25) is 0 Å². The molecular weight excluding hydrogens is 235 g/mol. The average Bonchev–Trinajstić information content (AvgIpc) is 2.28. The molecular formula is C13H21FN2S. The molecule has 17 heavy (non-hydrogen) atoms. The van der Waals surface area contributed by atoms with Crippen LogP contribution in [0.25, 0.3) is 0 Å². The van der Waals surface area contributed by atoms with E-state index >= 15 is 0 Å². The number of benzene rings is 1. The van der Waals surface area contributed by atoms with Gasteiger partial charge in [-0.25, -0.2) is 4.39 Å². The monoisotopic (exact) mass is 256 g/mol. The van der Waals surface area contributed by atoms with Crippen molar-refractivity contribution >= 4 is 11.8 Å². The van der Waals surface area contributed by atoms with Crippen LogP contribution >= 0.6 is 11.8 Å². The van der Waals surface area contributed by atoms with Crippen molar-refractivity contribution in [2.24, 2.45) is 0 Å². The van der Waals surface area contributed by atoms with E-state index in [-0.39, 0.29) is 5.82 Å². The van der Waals surface area contributed by atoms with E-state index in [4.69, 9.17) is 0 Å². The third-order valence-electron chi connectivity index (χ3n) is 2.37. The summed E-state index contributed by atoms with van der Waals surface area (Å²) in [4.78, 5) is 2.84. The lowest BCUT2D eigenvalue weighted by molar-refractivity contribution is 0.437. The van der Waals surface area contributed by atoms with Crippen LogP contribution in [0.4, 0.5) is 4.39 Å². The van der Waals surface area contributed by atoms with Crippen molar-refractivity contribution in [1.29, 1.82) is 0 Å². The zero-order valence-electron chi connectivity index (χ0n) is 10.8. The highest BCUT2D eigenvalue weighted by atomic mass is 32.2. The quantitative estimate of drug-likeness (QED) is 0.755. The first kappa shape index (κ1) is 14.5. The molecule has 0 atom stereocenters. The van der Waals surface area contributed by atoms with E-state index in [1.807, 2.05) is 33.2 Å². The second-order valence-electron chi connectivity index (χ2n) is 4.20. The smallest absolute Gasteiger partial charge is 0.137 e. The van der Waals surface area contributed by atoms with E-state index in [2.05, 4.69) is 10.2 Å². The zero-order valence-corrected chi connectivity index (χ0v) is 11.6. The Balaban J connectivity index is 2.50. The van der Waals surface area contributed by atoms with E-state index in [1.165, 1.54) is 0 Å². The van der Waals surface area contributed by atoms with Crippen LogP contribution < -0.4 is 5.32 Å². The minimum Gasteiger partial charge on any atom is -0.313 e. The van der Waals surface area contributed by atoms with Gasteiger partial charge >= 0.3 is 0 Å². The van der Waals surface area contributed by atoms with Gasteiger partial charge in [0, 0.05) is 23.7 Å². The minimum absolute atomic E-state index is 0.107. The van der Waals surface area contributed by atoms with Crippen molar-refractivity contribution in [3.05, 3.63) is 29.6 Å². The van der Waals surface area contributed by atoms with Gasteiger partial charge < -0.3 is 10.2 Å². The van der Waals surface area contributed by atoms with Crippen LogP contribution in [-0.4, -0.2) is 37.8 Å². The Labute approximate surface area is 108 Å². The first-order valence-corrected chi connectivity index (χ1v) is 6.88. The highest BCUT2D eigenvalue weighted by Crippen LogP contribution is 2.22. The number of nitrogens with one attached hydrogen (secondary N) is 1. The van der Waals surface area contributed by atoms with Crippen LogP contribution in [0.5, 0.6) is 0 Å². The van der Waals surface area contributed by atoms with Gasteiger partial charge in [0.15, 0.2) is 0 Å². The molecule has 0 bridgehead atoms. The van der Waals surface area contributed by atoms with Gasteiger partial charge in [0.1, 0.15) is 5.82 Å². The number of thioether (sulfide) groups is 1. The molecule has 1 aromatic rings. The highest BCUT2D eigenvalue weighted by molar-refractivity contribution is 7.99. The maximum atomic E-state index is 13.7. The predicted molar refractivity (Wildman–Crippen MR) is 73.1 cm³/mol. The molecule has 2 nitrogen and oxygen atoms in total. The van der Waals surface area contributed by atoms with Crippen LogP contribution in [0, 0.1) is 5.82 Å². The minimum atomic E-state index is -0.107. The summed E-state index contributed by atoms with van der Waals surface area (Å²) in [6.07, 6.45) is 0. The number of nitrogens with zero attached hydrogens (tertiary/aromatic N) is 1. The standard InChI is InChI=1S/C13H21FN2S/c1-4-15-10-11-5-6-13(12(14)9-11)17-8-7-16(2)3/h5-6,9,15H,4,7-8,10H2,1-3H3. The van der Waals surface area contributed by atoms with Crippen LogP contribution in [0.2, 0.25) is 0 Å². The van der Waals surface area contributed by atoms with Crippen molar-refractivity contribution in [3.8, 4) is 0 Å². The third kappa shape index (κ3) is 5.52. The first-order chi connectivity index (χ1) is 8.13. The average molecular weight is 256 g/mol. The molecule has 0 aliphatic rings. The normalized spacial score (nSPS) is 11.1. The van der Waals surface area contributed by atoms with Crippen LogP contribution in [0.1, 0.15) is 12.5 Å². The van der Waals surface area contributed by atoms with Crippen LogP contribution in [0.15, 0.2) is 23.1 Å². The largest absolute Gasteiger partial charge is 0.313 e. The second kappa shape index (κ2) is 7.69. The van der Waals surface area contributed by atoms with E-state index in [0.717, 1.165) is 35.8 Å². The summed E-state index contributed by atoms with van der Waals surface area (Å²) in [6.45, 7) is 4.64. The molecule has 0 aliphatic heterocycles. The molecule has 0 spiro atoms. The van der Waals surface area contributed by atoms with Crippen molar-refractivity contribution in [2.45, 2.75) is 18.4 Å². The first-order valence-electron chi connectivity index (χ1n) is 5.90. The topological polar surface area (TPSA) is 15.3 Å². The van der Waals surface area contributed by atoms with Gasteiger partial charge in [-0.05, 0) is 38.3 Å². The number of hydrogen-bond donors (Lipinski definition) is 1. The summed E-state index contributed by atoms with van der Waals surface area (Å²) < 4.78 is 13.7. The van der Waals surface area contributed by atoms with E-state index in [9.17, 15) is 4.39 Å². The summed E-state index contributed by atoms with van der Waals surface area (Å²) in [7, 11) is 4.05. The second-order valence-corrected chi connectivity index (χ2v) is 5.33. The number of halogens is 1. The molecule has 0 radical (unpaired) electrons. The Morgan fingerprint density at radius 2 is 2.12 bits per heavy atom. The van der Waals surface area contributed by atoms with Gasteiger partial charge in [-0.15, -0.1) is 11.8 Å².